The fourth-order valence-corrected chi connectivity index (χ4v) is 4.28. The zero-order valence-corrected chi connectivity index (χ0v) is 17.5. The minimum Gasteiger partial charge on any atom is -0.271 e. The van der Waals surface area contributed by atoms with Crippen LogP contribution in [0.5, 0.6) is 0 Å². The molecule has 3 aromatic rings. The van der Waals surface area contributed by atoms with Crippen molar-refractivity contribution in [2.24, 2.45) is 5.10 Å². The van der Waals surface area contributed by atoms with Crippen LogP contribution in [0.2, 0.25) is 0 Å². The summed E-state index contributed by atoms with van der Waals surface area (Å²) in [5, 5.41) is 3.84. The Balaban J connectivity index is 1.84. The van der Waals surface area contributed by atoms with Crippen LogP contribution in [0.1, 0.15) is 5.69 Å². The predicted octanol–water partition coefficient (Wildman–Crippen LogP) is 3.19. The highest BCUT2D eigenvalue weighted by Crippen LogP contribution is 2.26. The predicted molar refractivity (Wildman–Crippen MR) is 115 cm³/mol. The molecule has 1 amide bonds. The van der Waals surface area contributed by atoms with Crippen molar-refractivity contribution < 1.29 is 13.2 Å². The highest BCUT2D eigenvalue weighted by Gasteiger charge is 2.27. The minimum absolute atomic E-state index is 0.0877. The summed E-state index contributed by atoms with van der Waals surface area (Å²) in [4.78, 5) is 16.6. The van der Waals surface area contributed by atoms with Crippen LogP contribution < -0.4 is 9.73 Å². The van der Waals surface area contributed by atoms with Crippen LogP contribution in [-0.2, 0) is 14.8 Å². The molecule has 0 atom stereocenters. The third kappa shape index (κ3) is 5.49. The van der Waals surface area contributed by atoms with E-state index in [1.54, 1.807) is 66.9 Å². The van der Waals surface area contributed by atoms with Gasteiger partial charge in [-0.05, 0) is 42.5 Å². The highest BCUT2D eigenvalue weighted by molar-refractivity contribution is 9.10. The van der Waals surface area contributed by atoms with E-state index in [2.05, 4.69) is 31.4 Å². The van der Waals surface area contributed by atoms with E-state index in [1.807, 2.05) is 0 Å². The summed E-state index contributed by atoms with van der Waals surface area (Å²) >= 11 is 3.33. The number of carbonyl (C=O) groups excluding carboxylic acids is 1. The van der Waals surface area contributed by atoms with Gasteiger partial charge < -0.3 is 0 Å². The van der Waals surface area contributed by atoms with Gasteiger partial charge in [-0.15, -0.1) is 0 Å². The Bertz CT molecular complexity index is 1110. The second-order valence-corrected chi connectivity index (χ2v) is 8.63. The maximum absolute atomic E-state index is 13.2. The molecule has 0 saturated heterocycles. The number of amides is 1. The summed E-state index contributed by atoms with van der Waals surface area (Å²) in [7, 11) is -3.96. The standard InChI is InChI=1S/C20H17BrN4O3S/c21-16-7-6-9-18(13-16)25(29(27,28)19-10-2-1-3-11-19)15-20(26)24-23-14-17-8-4-5-12-22-17/h1-14H,15H2,(H,24,26)/b23-14+. The van der Waals surface area contributed by atoms with E-state index in [1.165, 1.54) is 18.3 Å². The molecule has 0 radical (unpaired) electrons. The van der Waals surface area contributed by atoms with E-state index in [-0.39, 0.29) is 4.90 Å². The molecule has 1 aromatic heterocycles. The van der Waals surface area contributed by atoms with E-state index in [0.717, 1.165) is 4.31 Å². The SMILES string of the molecule is O=C(CN(c1cccc(Br)c1)S(=O)(=O)c1ccccc1)N/N=C/c1ccccn1. The highest BCUT2D eigenvalue weighted by atomic mass is 79.9. The van der Waals surface area contributed by atoms with Crippen molar-refractivity contribution in [2.45, 2.75) is 4.90 Å². The maximum atomic E-state index is 13.2. The van der Waals surface area contributed by atoms with Crippen LogP contribution >= 0.6 is 15.9 Å². The van der Waals surface area contributed by atoms with Gasteiger partial charge in [0, 0.05) is 10.7 Å². The lowest BCUT2D eigenvalue weighted by molar-refractivity contribution is -0.119. The molecule has 0 bridgehead atoms. The van der Waals surface area contributed by atoms with Crippen molar-refractivity contribution in [1.82, 2.24) is 10.4 Å². The molecule has 9 heteroatoms. The van der Waals surface area contributed by atoms with Crippen LogP contribution in [0.3, 0.4) is 0 Å². The first-order valence-corrected chi connectivity index (χ1v) is 10.8. The van der Waals surface area contributed by atoms with Crippen LogP contribution in [0, 0.1) is 0 Å². The molecule has 0 aliphatic carbocycles. The van der Waals surface area contributed by atoms with Gasteiger partial charge in [-0.2, -0.15) is 5.10 Å². The second-order valence-electron chi connectivity index (χ2n) is 5.85. The lowest BCUT2D eigenvalue weighted by atomic mass is 10.3. The Hall–Kier alpha value is -3.04. The number of rotatable bonds is 7. The number of carbonyl (C=O) groups is 1. The lowest BCUT2D eigenvalue weighted by Crippen LogP contribution is -2.39. The van der Waals surface area contributed by atoms with Crippen LogP contribution in [0.25, 0.3) is 0 Å². The third-order valence-electron chi connectivity index (χ3n) is 3.79. The number of pyridine rings is 1. The first-order valence-electron chi connectivity index (χ1n) is 8.53. The average molecular weight is 473 g/mol. The molecule has 148 valence electrons. The van der Waals surface area contributed by atoms with Gasteiger partial charge in [-0.1, -0.05) is 46.3 Å². The number of benzene rings is 2. The molecular formula is C20H17BrN4O3S. The van der Waals surface area contributed by atoms with Gasteiger partial charge in [-0.25, -0.2) is 13.8 Å². The quantitative estimate of drug-likeness (QED) is 0.422. The second kappa shape index (κ2) is 9.44. The molecule has 0 unspecified atom stereocenters. The normalized spacial score (nSPS) is 11.3. The largest absolute Gasteiger partial charge is 0.271 e. The van der Waals surface area contributed by atoms with Gasteiger partial charge in [0.15, 0.2) is 0 Å². The number of anilines is 1. The first-order chi connectivity index (χ1) is 14.0. The van der Waals surface area contributed by atoms with Gasteiger partial charge in [0.25, 0.3) is 15.9 Å². The summed E-state index contributed by atoms with van der Waals surface area (Å²) in [6.45, 7) is -0.437. The van der Waals surface area contributed by atoms with Crippen LogP contribution in [0.4, 0.5) is 5.69 Å². The number of hydrogen-bond donors (Lipinski definition) is 1. The molecule has 1 heterocycles. The summed E-state index contributed by atoms with van der Waals surface area (Å²) in [6.07, 6.45) is 2.98. The Labute approximate surface area is 177 Å². The molecule has 3 rings (SSSR count). The summed E-state index contributed by atoms with van der Waals surface area (Å²) in [5.41, 5.74) is 3.26. The van der Waals surface area contributed by atoms with Crippen LogP contribution in [0.15, 0.2) is 93.5 Å². The van der Waals surface area contributed by atoms with E-state index in [4.69, 9.17) is 0 Å². The molecule has 7 nitrogen and oxygen atoms in total. The molecule has 0 saturated carbocycles. The van der Waals surface area contributed by atoms with E-state index in [9.17, 15) is 13.2 Å². The molecular weight excluding hydrogens is 456 g/mol. The van der Waals surface area contributed by atoms with Crippen molar-refractivity contribution in [3.8, 4) is 0 Å². The molecule has 29 heavy (non-hydrogen) atoms. The van der Waals surface area contributed by atoms with Crippen molar-refractivity contribution in [3.05, 3.63) is 89.2 Å². The molecule has 0 fully saturated rings. The third-order valence-corrected chi connectivity index (χ3v) is 6.07. The number of hydrazone groups is 1. The molecule has 0 spiro atoms. The summed E-state index contributed by atoms with van der Waals surface area (Å²) in [6, 6.07) is 19.9. The Kier molecular flexibility index (Phi) is 6.73. The number of nitrogens with zero attached hydrogens (tertiary/aromatic N) is 3. The Morgan fingerprint density at radius 3 is 2.52 bits per heavy atom. The summed E-state index contributed by atoms with van der Waals surface area (Å²) < 4.78 is 28.0. The summed E-state index contributed by atoms with van der Waals surface area (Å²) in [5.74, 6) is -0.586. The monoisotopic (exact) mass is 472 g/mol. The Morgan fingerprint density at radius 1 is 1.07 bits per heavy atom. The van der Waals surface area contributed by atoms with Crippen molar-refractivity contribution >= 4 is 43.8 Å². The number of aromatic nitrogens is 1. The van der Waals surface area contributed by atoms with Gasteiger partial charge in [-0.3, -0.25) is 14.1 Å². The zero-order valence-electron chi connectivity index (χ0n) is 15.1. The van der Waals surface area contributed by atoms with Gasteiger partial charge >= 0.3 is 0 Å². The zero-order chi connectivity index (χ0) is 20.7. The first kappa shape index (κ1) is 20.7. The van der Waals surface area contributed by atoms with E-state index in [0.29, 0.717) is 15.9 Å². The van der Waals surface area contributed by atoms with Crippen LogP contribution in [-0.4, -0.2) is 32.1 Å². The fourth-order valence-electron chi connectivity index (χ4n) is 2.45. The Morgan fingerprint density at radius 2 is 1.83 bits per heavy atom. The number of halogens is 1. The number of sulfonamides is 1. The number of nitrogens with one attached hydrogen (secondary N) is 1. The van der Waals surface area contributed by atoms with Crippen molar-refractivity contribution in [2.75, 3.05) is 10.8 Å². The average Bonchev–Trinajstić information content (AvgIpc) is 2.73. The number of hydrogen-bond acceptors (Lipinski definition) is 5. The van der Waals surface area contributed by atoms with Crippen molar-refractivity contribution in [1.29, 1.82) is 0 Å². The molecule has 0 aliphatic heterocycles. The molecule has 0 aliphatic rings. The lowest BCUT2D eigenvalue weighted by Gasteiger charge is -2.23. The fraction of sp³-hybridized carbons (Fsp3) is 0.0500. The maximum Gasteiger partial charge on any atom is 0.264 e. The van der Waals surface area contributed by atoms with E-state index < -0.39 is 22.5 Å². The minimum atomic E-state index is -3.96. The van der Waals surface area contributed by atoms with Gasteiger partial charge in [0.1, 0.15) is 6.54 Å². The molecule has 2 aromatic carbocycles. The smallest absolute Gasteiger partial charge is 0.264 e. The van der Waals surface area contributed by atoms with Crippen molar-refractivity contribution in [3.63, 3.8) is 0 Å². The topological polar surface area (TPSA) is 91.7 Å². The molecule has 1 N–H and O–H groups in total. The van der Waals surface area contributed by atoms with Gasteiger partial charge in [0.2, 0.25) is 0 Å². The van der Waals surface area contributed by atoms with Gasteiger partial charge in [0.05, 0.1) is 22.5 Å². The van der Waals surface area contributed by atoms with E-state index >= 15 is 0 Å².